The summed E-state index contributed by atoms with van der Waals surface area (Å²) in [5, 5.41) is 3.08. The molecule has 0 saturated heterocycles. The quantitative estimate of drug-likeness (QED) is 0.832. The highest BCUT2D eigenvalue weighted by Gasteiger charge is 2.24. The van der Waals surface area contributed by atoms with Crippen LogP contribution in [-0.2, 0) is 9.53 Å². The maximum Gasteiger partial charge on any atom is 0.328 e. The average molecular weight is 302 g/mol. The number of hydrogen-bond acceptors (Lipinski definition) is 5. The lowest BCUT2D eigenvalue weighted by molar-refractivity contribution is -0.142. The Labute approximate surface area is 109 Å². The van der Waals surface area contributed by atoms with Crippen molar-refractivity contribution in [2.24, 2.45) is 5.92 Å². The summed E-state index contributed by atoms with van der Waals surface area (Å²) in [5.41, 5.74) is 6.94. The molecule has 0 spiro atoms. The van der Waals surface area contributed by atoms with Crippen LogP contribution in [0.1, 0.15) is 13.8 Å². The third-order valence-corrected chi connectivity index (χ3v) is 2.95. The Hall–Kier alpha value is -1.30. The summed E-state index contributed by atoms with van der Waals surface area (Å²) in [6.45, 7) is 3.86. The monoisotopic (exact) mass is 301 g/mol. The second-order valence-electron chi connectivity index (χ2n) is 3.97. The second-order valence-corrected chi connectivity index (χ2v) is 4.83. The molecule has 1 aromatic rings. The fourth-order valence-electron chi connectivity index (χ4n) is 1.38. The van der Waals surface area contributed by atoms with E-state index in [0.29, 0.717) is 15.8 Å². The first kappa shape index (κ1) is 13.8. The second kappa shape index (κ2) is 5.86. The number of esters is 1. The van der Waals surface area contributed by atoms with E-state index in [1.165, 1.54) is 13.3 Å². The van der Waals surface area contributed by atoms with E-state index >= 15 is 0 Å². The largest absolute Gasteiger partial charge is 0.467 e. The van der Waals surface area contributed by atoms with Gasteiger partial charge in [-0.15, -0.1) is 0 Å². The third kappa shape index (κ3) is 3.33. The van der Waals surface area contributed by atoms with Gasteiger partial charge in [-0.2, -0.15) is 0 Å². The molecule has 1 unspecified atom stereocenters. The summed E-state index contributed by atoms with van der Waals surface area (Å²) < 4.78 is 5.47. The molecule has 0 aliphatic carbocycles. The minimum absolute atomic E-state index is 0.0851. The van der Waals surface area contributed by atoms with E-state index in [-0.39, 0.29) is 11.9 Å². The molecular weight excluding hydrogens is 286 g/mol. The van der Waals surface area contributed by atoms with Crippen molar-refractivity contribution in [2.75, 3.05) is 18.2 Å². The Bertz CT molecular complexity index is 389. The molecule has 17 heavy (non-hydrogen) atoms. The fourth-order valence-corrected chi connectivity index (χ4v) is 1.84. The molecule has 0 aromatic carbocycles. The lowest BCUT2D eigenvalue weighted by atomic mass is 10.0. The van der Waals surface area contributed by atoms with Gasteiger partial charge >= 0.3 is 5.97 Å². The summed E-state index contributed by atoms with van der Waals surface area (Å²) in [7, 11) is 1.37. The van der Waals surface area contributed by atoms with Gasteiger partial charge in [0, 0.05) is 6.20 Å². The number of nitrogens with zero attached hydrogens (tertiary/aromatic N) is 1. The molecular formula is C11H16BrN3O2. The Morgan fingerprint density at radius 1 is 1.53 bits per heavy atom. The molecule has 0 radical (unpaired) electrons. The number of ether oxygens (including phenoxy) is 1. The van der Waals surface area contributed by atoms with Gasteiger partial charge in [0.25, 0.3) is 0 Å². The highest BCUT2D eigenvalue weighted by molar-refractivity contribution is 9.10. The van der Waals surface area contributed by atoms with Gasteiger partial charge in [-0.3, -0.25) is 4.98 Å². The third-order valence-electron chi connectivity index (χ3n) is 2.35. The SMILES string of the molecule is COC(=O)C(Nc1c(N)cncc1Br)C(C)C. The Morgan fingerprint density at radius 3 is 2.65 bits per heavy atom. The van der Waals surface area contributed by atoms with Gasteiger partial charge in [0.1, 0.15) is 6.04 Å². The topological polar surface area (TPSA) is 77.2 Å². The smallest absolute Gasteiger partial charge is 0.328 e. The average Bonchev–Trinajstić information content (AvgIpc) is 2.27. The first-order valence-electron chi connectivity index (χ1n) is 5.20. The lowest BCUT2D eigenvalue weighted by Gasteiger charge is -2.22. The van der Waals surface area contributed by atoms with Gasteiger partial charge in [0.15, 0.2) is 0 Å². The van der Waals surface area contributed by atoms with Gasteiger partial charge in [-0.25, -0.2) is 4.79 Å². The number of nitrogens with two attached hydrogens (primary N) is 1. The van der Waals surface area contributed by atoms with E-state index in [9.17, 15) is 4.79 Å². The number of carbonyl (C=O) groups is 1. The van der Waals surface area contributed by atoms with E-state index in [2.05, 4.69) is 26.2 Å². The Balaban J connectivity index is 2.98. The van der Waals surface area contributed by atoms with Crippen molar-refractivity contribution in [3.8, 4) is 0 Å². The van der Waals surface area contributed by atoms with Crippen LogP contribution in [-0.4, -0.2) is 24.1 Å². The molecule has 6 heteroatoms. The van der Waals surface area contributed by atoms with Gasteiger partial charge in [0.2, 0.25) is 0 Å². The van der Waals surface area contributed by atoms with Crippen molar-refractivity contribution < 1.29 is 9.53 Å². The molecule has 3 N–H and O–H groups in total. The van der Waals surface area contributed by atoms with Crippen molar-refractivity contribution in [3.05, 3.63) is 16.9 Å². The molecule has 1 rings (SSSR count). The summed E-state index contributed by atoms with van der Waals surface area (Å²) in [6.07, 6.45) is 3.15. The molecule has 94 valence electrons. The standard InChI is InChI=1S/C11H16BrN3O2/c1-6(2)9(11(16)17-3)15-10-7(12)4-14-5-8(10)13/h4-6,9H,13H2,1-3H3,(H,14,15). The number of nitrogens with one attached hydrogen (secondary N) is 1. The van der Waals surface area contributed by atoms with Crippen molar-refractivity contribution >= 4 is 33.3 Å². The molecule has 0 aliphatic rings. The molecule has 0 saturated carbocycles. The zero-order valence-electron chi connectivity index (χ0n) is 10.0. The Kier molecular flexibility index (Phi) is 4.74. The highest BCUT2D eigenvalue weighted by atomic mass is 79.9. The minimum Gasteiger partial charge on any atom is -0.467 e. The van der Waals surface area contributed by atoms with E-state index in [0.717, 1.165) is 0 Å². The van der Waals surface area contributed by atoms with E-state index < -0.39 is 6.04 Å². The van der Waals surface area contributed by atoms with Gasteiger partial charge in [-0.1, -0.05) is 13.8 Å². The lowest BCUT2D eigenvalue weighted by Crippen LogP contribution is -2.35. The van der Waals surface area contributed by atoms with Crippen LogP contribution in [0.3, 0.4) is 0 Å². The van der Waals surface area contributed by atoms with Gasteiger partial charge < -0.3 is 15.8 Å². The van der Waals surface area contributed by atoms with Crippen LogP contribution in [0.25, 0.3) is 0 Å². The molecule has 5 nitrogen and oxygen atoms in total. The van der Waals surface area contributed by atoms with Gasteiger partial charge in [-0.05, 0) is 21.8 Å². The van der Waals surface area contributed by atoms with E-state index in [4.69, 9.17) is 10.5 Å². The maximum absolute atomic E-state index is 11.6. The van der Waals surface area contributed by atoms with Gasteiger partial charge in [0.05, 0.1) is 29.2 Å². The molecule has 1 heterocycles. The minimum atomic E-state index is -0.444. The molecule has 0 fully saturated rings. The summed E-state index contributed by atoms with van der Waals surface area (Å²) >= 11 is 3.34. The molecule has 1 aromatic heterocycles. The van der Waals surface area contributed by atoms with E-state index in [1.807, 2.05) is 13.8 Å². The number of pyridine rings is 1. The van der Waals surface area contributed by atoms with Crippen LogP contribution in [0.4, 0.5) is 11.4 Å². The van der Waals surface area contributed by atoms with Crippen molar-refractivity contribution in [3.63, 3.8) is 0 Å². The molecule has 0 aliphatic heterocycles. The predicted molar refractivity (Wildman–Crippen MR) is 70.6 cm³/mol. The molecule has 1 atom stereocenters. The summed E-state index contributed by atoms with van der Waals surface area (Å²) in [6, 6.07) is -0.444. The van der Waals surface area contributed by atoms with Crippen LogP contribution in [0.15, 0.2) is 16.9 Å². The van der Waals surface area contributed by atoms with Crippen LogP contribution >= 0.6 is 15.9 Å². The number of carbonyl (C=O) groups excluding carboxylic acids is 1. The van der Waals surface area contributed by atoms with E-state index in [1.54, 1.807) is 6.20 Å². The normalized spacial score (nSPS) is 12.3. The number of nitrogen functional groups attached to an aromatic ring is 1. The Morgan fingerprint density at radius 2 is 2.18 bits per heavy atom. The number of rotatable bonds is 4. The first-order valence-corrected chi connectivity index (χ1v) is 6.00. The summed E-state index contributed by atoms with van der Waals surface area (Å²) in [5.74, 6) is -0.231. The van der Waals surface area contributed by atoms with Crippen molar-refractivity contribution in [1.29, 1.82) is 0 Å². The number of halogens is 1. The number of methoxy groups -OCH3 is 1. The number of aromatic nitrogens is 1. The highest BCUT2D eigenvalue weighted by Crippen LogP contribution is 2.28. The number of anilines is 2. The van der Waals surface area contributed by atoms with Crippen LogP contribution in [0.2, 0.25) is 0 Å². The van der Waals surface area contributed by atoms with Crippen LogP contribution in [0.5, 0.6) is 0 Å². The molecule has 0 amide bonds. The zero-order valence-corrected chi connectivity index (χ0v) is 11.6. The van der Waals surface area contributed by atoms with Crippen LogP contribution < -0.4 is 11.1 Å². The van der Waals surface area contributed by atoms with Crippen molar-refractivity contribution in [2.45, 2.75) is 19.9 Å². The predicted octanol–water partition coefficient (Wildman–Crippen LogP) is 2.04. The molecule has 0 bridgehead atoms. The summed E-state index contributed by atoms with van der Waals surface area (Å²) in [4.78, 5) is 15.6. The first-order chi connectivity index (χ1) is 7.97. The number of hydrogen-bond donors (Lipinski definition) is 2. The van der Waals surface area contributed by atoms with Crippen molar-refractivity contribution in [1.82, 2.24) is 4.98 Å². The van der Waals surface area contributed by atoms with Crippen LogP contribution in [0, 0.1) is 5.92 Å². The zero-order chi connectivity index (χ0) is 13.0. The fraction of sp³-hybridized carbons (Fsp3) is 0.455. The maximum atomic E-state index is 11.6.